The molecule has 0 fully saturated rings. The Morgan fingerprint density at radius 3 is 0.652 bits per heavy atom. The summed E-state index contributed by atoms with van der Waals surface area (Å²) < 4.78 is 0. The van der Waals surface area contributed by atoms with Gasteiger partial charge in [0.05, 0.1) is 0 Å². The van der Waals surface area contributed by atoms with Gasteiger partial charge in [-0.15, -0.1) is 0 Å². The van der Waals surface area contributed by atoms with Crippen molar-refractivity contribution in [1.82, 2.24) is 0 Å². The maximum atomic E-state index is 9.00. The smallest absolute Gasteiger partial charge is 0 e. The minimum absolute atomic E-state index is 0. The van der Waals surface area contributed by atoms with E-state index >= 15 is 0 Å². The summed E-state index contributed by atoms with van der Waals surface area (Å²) in [7, 11) is 0. The molecule has 0 aliphatic heterocycles. The predicted molar refractivity (Wildman–Crippen MR) is 91.4 cm³/mol. The quantitative estimate of drug-likeness (QED) is 0.255. The monoisotopic (exact) mass is 404 g/mol. The second-order valence-corrected chi connectivity index (χ2v) is 2.65. The average molecular weight is 405 g/mol. The van der Waals surface area contributed by atoms with E-state index in [4.69, 9.17) is 51.1 Å². The molecule has 0 amide bonds. The van der Waals surface area contributed by atoms with E-state index in [1.807, 2.05) is 0 Å². The van der Waals surface area contributed by atoms with Crippen LogP contribution in [0.1, 0.15) is 27.7 Å². The molecule has 0 saturated heterocycles. The van der Waals surface area contributed by atoms with Crippen LogP contribution in [-0.2, 0) is 19.2 Å². The maximum Gasteiger partial charge on any atom is 0 e. The Hall–Kier alpha value is 1.84. The minimum atomic E-state index is -0.833. The summed E-state index contributed by atoms with van der Waals surface area (Å²) in [4.78, 5) is 36.0. The van der Waals surface area contributed by atoms with E-state index in [1.165, 1.54) is 0 Å². The van der Waals surface area contributed by atoms with Gasteiger partial charge in [-0.1, -0.05) is 0 Å². The van der Waals surface area contributed by atoms with Gasteiger partial charge in [0.25, 0.3) is 23.9 Å². The molecule has 2 radical (unpaired) electrons. The van der Waals surface area contributed by atoms with Crippen molar-refractivity contribution in [1.29, 1.82) is 0 Å². The van der Waals surface area contributed by atoms with Crippen LogP contribution in [0.4, 0.5) is 0 Å². The number of hydrogen-bond acceptors (Lipinski definition) is 6. The van der Waals surface area contributed by atoms with Crippen molar-refractivity contribution in [3.63, 3.8) is 0 Å². The summed E-state index contributed by atoms with van der Waals surface area (Å²) in [6, 6.07) is 0. The number of aliphatic carboxylic acids is 4. The van der Waals surface area contributed by atoms with E-state index in [9.17, 15) is 0 Å². The van der Waals surface area contributed by atoms with Crippen molar-refractivity contribution in [3.8, 4) is 0 Å². The van der Waals surface area contributed by atoms with Gasteiger partial charge in [-0.2, -0.15) is 0 Å². The zero-order valence-corrected chi connectivity index (χ0v) is 14.1. The van der Waals surface area contributed by atoms with E-state index in [-0.39, 0.29) is 126 Å². The number of carboxylic acids is 4. The molecule has 0 atom stereocenters. The van der Waals surface area contributed by atoms with Crippen molar-refractivity contribution >= 4 is 150 Å². The molecule has 0 unspecified atom stereocenters. The predicted octanol–water partition coefficient (Wildman–Crippen LogP) is -2.41. The van der Waals surface area contributed by atoms with Crippen LogP contribution in [0.25, 0.3) is 0 Å². The first-order valence-corrected chi connectivity index (χ1v) is 5.03. The van der Waals surface area contributed by atoms with Gasteiger partial charge in [-0.3, -0.25) is 19.2 Å². The van der Waals surface area contributed by atoms with E-state index in [0.29, 0.717) is 13.1 Å². The zero-order valence-electron chi connectivity index (χ0n) is 12.7. The fourth-order valence-electron chi connectivity index (χ4n) is 0. The van der Waals surface area contributed by atoms with Crippen molar-refractivity contribution in [2.75, 3.05) is 13.1 Å². The molecule has 0 aliphatic carbocycles. The Labute approximate surface area is 237 Å². The van der Waals surface area contributed by atoms with Crippen molar-refractivity contribution in [2.24, 2.45) is 11.5 Å². The third-order valence-electron chi connectivity index (χ3n) is 0.167. The standard InChI is InChI=1S/C2H8N2.4C2H4O2.2K.Mg.2H/c3-1-2-4;4*1-2(3)4;;;;;/h1-4H2;4*1H3,(H,3,4);;;;;. The van der Waals surface area contributed by atoms with Crippen LogP contribution in [0.15, 0.2) is 0 Å². The first-order chi connectivity index (χ1) is 8.84. The fourth-order valence-corrected chi connectivity index (χ4v) is 0. The van der Waals surface area contributed by atoms with Crippen LogP contribution in [0.2, 0.25) is 0 Å². The summed E-state index contributed by atoms with van der Waals surface area (Å²) in [6.45, 7) is 5.53. The number of carboxylic acid groups (broad SMARTS) is 4. The zero-order chi connectivity index (χ0) is 17.7. The molecule has 0 rings (SSSR count). The van der Waals surface area contributed by atoms with Gasteiger partial charge >= 0.3 is 103 Å². The van der Waals surface area contributed by atoms with E-state index in [1.54, 1.807) is 0 Å². The van der Waals surface area contributed by atoms with Crippen LogP contribution in [0.5, 0.6) is 0 Å². The molecular formula is C10H26K2MgN2O8. The second-order valence-electron chi connectivity index (χ2n) is 2.65. The summed E-state index contributed by atoms with van der Waals surface area (Å²) >= 11 is 0. The molecule has 0 heterocycles. The van der Waals surface area contributed by atoms with Crippen LogP contribution in [-0.4, -0.2) is 183 Å². The number of rotatable bonds is 1. The van der Waals surface area contributed by atoms with Gasteiger partial charge in [0.15, 0.2) is 0 Å². The van der Waals surface area contributed by atoms with Gasteiger partial charge in [0.1, 0.15) is 0 Å². The molecular weight excluding hydrogens is 379 g/mol. The molecule has 8 N–H and O–H groups in total. The SMILES string of the molecule is CC(=O)O.CC(=O)O.CC(=O)O.CC(=O)O.NCCN.[KH].[KH].[Mg]. The second kappa shape index (κ2) is 49.6. The van der Waals surface area contributed by atoms with Gasteiger partial charge in [0, 0.05) is 63.8 Å². The number of hydrogen-bond donors (Lipinski definition) is 6. The van der Waals surface area contributed by atoms with Gasteiger partial charge < -0.3 is 31.9 Å². The maximum absolute atomic E-state index is 9.00. The van der Waals surface area contributed by atoms with Crippen molar-refractivity contribution in [2.45, 2.75) is 27.7 Å². The normalized spacial score (nSPS) is 5.65. The molecule has 0 aromatic heterocycles. The Morgan fingerprint density at radius 2 is 0.652 bits per heavy atom. The Kier molecular flexibility index (Phi) is 107. The molecule has 0 aliphatic rings. The van der Waals surface area contributed by atoms with Crippen LogP contribution in [0.3, 0.4) is 0 Å². The number of carbonyl (C=O) groups is 4. The third kappa shape index (κ3) is 1410. The van der Waals surface area contributed by atoms with E-state index in [2.05, 4.69) is 0 Å². The summed E-state index contributed by atoms with van der Waals surface area (Å²) in [5, 5.41) is 29.7. The molecule has 0 aromatic carbocycles. The molecule has 13 heteroatoms. The Morgan fingerprint density at radius 1 is 0.609 bits per heavy atom. The largest absolute Gasteiger partial charge is 0 e. The van der Waals surface area contributed by atoms with Gasteiger partial charge in [-0.05, 0) is 0 Å². The van der Waals surface area contributed by atoms with E-state index in [0.717, 1.165) is 27.7 Å². The summed E-state index contributed by atoms with van der Waals surface area (Å²) in [5.74, 6) is -3.33. The van der Waals surface area contributed by atoms with E-state index < -0.39 is 23.9 Å². The van der Waals surface area contributed by atoms with Crippen LogP contribution >= 0.6 is 0 Å². The van der Waals surface area contributed by atoms with Gasteiger partial charge in [-0.25, -0.2) is 0 Å². The first-order valence-electron chi connectivity index (χ1n) is 5.03. The molecule has 128 valence electrons. The minimum Gasteiger partial charge on any atom is 0 e. The molecule has 0 spiro atoms. The molecule has 10 nitrogen and oxygen atoms in total. The Bertz CT molecular complexity index is 205. The van der Waals surface area contributed by atoms with Gasteiger partial charge in [0.2, 0.25) is 0 Å². The topological polar surface area (TPSA) is 201 Å². The molecule has 0 saturated carbocycles. The summed E-state index contributed by atoms with van der Waals surface area (Å²) in [6.07, 6.45) is 0. The van der Waals surface area contributed by atoms with Crippen molar-refractivity contribution in [3.05, 3.63) is 0 Å². The number of nitrogens with two attached hydrogens (primary N) is 2. The van der Waals surface area contributed by atoms with Crippen molar-refractivity contribution < 1.29 is 39.6 Å². The average Bonchev–Trinajstić information content (AvgIpc) is 2.13. The van der Waals surface area contributed by atoms with Crippen LogP contribution in [0, 0.1) is 0 Å². The molecule has 0 aromatic rings. The first kappa shape index (κ1) is 49.8. The molecule has 23 heavy (non-hydrogen) atoms. The molecule has 0 bridgehead atoms. The Balaban J connectivity index is -0.0000000197. The fraction of sp³-hybridized carbons (Fsp3) is 0.600. The summed E-state index contributed by atoms with van der Waals surface area (Å²) in [5.41, 5.74) is 9.81. The van der Waals surface area contributed by atoms with Crippen LogP contribution < -0.4 is 11.5 Å². The third-order valence-corrected chi connectivity index (χ3v) is 0.167.